The standard InChI is InChI=1S/C14H17N3OS/c1-9-8-19-14(16-9)10(2)17-13(18)12(15)11-6-4-3-5-7-11/h3-8,10,12H,15H2,1-2H3,(H,17,18)/t10?,12-/m1/s1. The fourth-order valence-electron chi connectivity index (χ4n) is 1.75. The molecule has 1 amide bonds. The third-order valence-electron chi connectivity index (χ3n) is 2.81. The van der Waals surface area contributed by atoms with E-state index in [-0.39, 0.29) is 11.9 Å². The highest BCUT2D eigenvalue weighted by Gasteiger charge is 2.19. The van der Waals surface area contributed by atoms with Crippen molar-refractivity contribution in [3.8, 4) is 0 Å². The van der Waals surface area contributed by atoms with Gasteiger partial charge in [0.2, 0.25) is 5.91 Å². The Bertz CT molecular complexity index is 553. The number of nitrogens with one attached hydrogen (secondary N) is 1. The van der Waals surface area contributed by atoms with Gasteiger partial charge in [0.15, 0.2) is 0 Å². The Kier molecular flexibility index (Phi) is 4.29. The van der Waals surface area contributed by atoms with Gasteiger partial charge in [0.05, 0.1) is 6.04 Å². The van der Waals surface area contributed by atoms with E-state index >= 15 is 0 Å². The summed E-state index contributed by atoms with van der Waals surface area (Å²) in [5, 5.41) is 5.75. The average molecular weight is 275 g/mol. The molecule has 0 saturated carbocycles. The molecule has 0 spiro atoms. The molecular formula is C14H17N3OS. The minimum atomic E-state index is -0.648. The van der Waals surface area contributed by atoms with Crippen molar-refractivity contribution in [3.05, 3.63) is 52.0 Å². The van der Waals surface area contributed by atoms with Crippen LogP contribution in [-0.2, 0) is 4.79 Å². The number of hydrogen-bond acceptors (Lipinski definition) is 4. The molecule has 2 rings (SSSR count). The molecule has 1 unspecified atom stereocenters. The number of aromatic nitrogens is 1. The first-order chi connectivity index (χ1) is 9.08. The normalized spacial score (nSPS) is 13.8. The lowest BCUT2D eigenvalue weighted by molar-refractivity contribution is -0.123. The van der Waals surface area contributed by atoms with E-state index in [4.69, 9.17) is 5.73 Å². The maximum atomic E-state index is 12.1. The summed E-state index contributed by atoms with van der Waals surface area (Å²) >= 11 is 1.54. The van der Waals surface area contributed by atoms with Gasteiger partial charge in [-0.2, -0.15) is 0 Å². The molecule has 100 valence electrons. The van der Waals surface area contributed by atoms with Crippen LogP contribution in [0.4, 0.5) is 0 Å². The van der Waals surface area contributed by atoms with Crippen LogP contribution in [0.25, 0.3) is 0 Å². The summed E-state index contributed by atoms with van der Waals surface area (Å²) in [4.78, 5) is 16.4. The third kappa shape index (κ3) is 3.39. The Hall–Kier alpha value is -1.72. The first-order valence-electron chi connectivity index (χ1n) is 6.11. The lowest BCUT2D eigenvalue weighted by atomic mass is 10.1. The zero-order valence-corrected chi connectivity index (χ0v) is 11.8. The van der Waals surface area contributed by atoms with Gasteiger partial charge in [0, 0.05) is 11.1 Å². The van der Waals surface area contributed by atoms with E-state index in [1.54, 1.807) is 11.3 Å². The monoisotopic (exact) mass is 275 g/mol. The van der Waals surface area contributed by atoms with E-state index < -0.39 is 6.04 Å². The number of carbonyl (C=O) groups excluding carboxylic acids is 1. The van der Waals surface area contributed by atoms with Gasteiger partial charge in [-0.1, -0.05) is 30.3 Å². The number of hydrogen-bond donors (Lipinski definition) is 2. The molecule has 4 nitrogen and oxygen atoms in total. The van der Waals surface area contributed by atoms with Crippen LogP contribution < -0.4 is 11.1 Å². The van der Waals surface area contributed by atoms with Crippen LogP contribution in [0.5, 0.6) is 0 Å². The Morgan fingerprint density at radius 2 is 2.05 bits per heavy atom. The van der Waals surface area contributed by atoms with Gasteiger partial charge in [-0.3, -0.25) is 4.79 Å². The molecule has 0 aliphatic heterocycles. The van der Waals surface area contributed by atoms with Crippen LogP contribution in [0.2, 0.25) is 0 Å². The summed E-state index contributed by atoms with van der Waals surface area (Å²) in [6, 6.07) is 8.57. The van der Waals surface area contributed by atoms with Crippen molar-refractivity contribution >= 4 is 17.2 Å². The molecule has 1 aromatic heterocycles. The molecule has 0 saturated heterocycles. The highest BCUT2D eigenvalue weighted by molar-refractivity contribution is 7.09. The Morgan fingerprint density at radius 1 is 1.37 bits per heavy atom. The smallest absolute Gasteiger partial charge is 0.242 e. The largest absolute Gasteiger partial charge is 0.345 e. The summed E-state index contributed by atoms with van der Waals surface area (Å²) in [6.07, 6.45) is 0. The van der Waals surface area contributed by atoms with E-state index in [2.05, 4.69) is 10.3 Å². The molecule has 2 aromatic rings. The van der Waals surface area contributed by atoms with Crippen molar-refractivity contribution in [3.63, 3.8) is 0 Å². The molecule has 0 fully saturated rings. The van der Waals surface area contributed by atoms with Crippen molar-refractivity contribution in [2.24, 2.45) is 5.73 Å². The van der Waals surface area contributed by atoms with E-state index in [1.807, 2.05) is 49.6 Å². The number of rotatable bonds is 4. The van der Waals surface area contributed by atoms with Gasteiger partial charge >= 0.3 is 0 Å². The molecular weight excluding hydrogens is 258 g/mol. The van der Waals surface area contributed by atoms with Crippen LogP contribution in [0.1, 0.15) is 35.3 Å². The van der Waals surface area contributed by atoms with Crippen LogP contribution in [0, 0.1) is 6.92 Å². The molecule has 0 aliphatic rings. The maximum absolute atomic E-state index is 12.1. The summed E-state index contributed by atoms with van der Waals surface area (Å²) in [5.41, 5.74) is 7.72. The molecule has 19 heavy (non-hydrogen) atoms. The zero-order valence-electron chi connectivity index (χ0n) is 11.0. The molecule has 5 heteroatoms. The second-order valence-electron chi connectivity index (χ2n) is 4.45. The van der Waals surface area contributed by atoms with Gasteiger partial charge in [-0.25, -0.2) is 4.98 Å². The fraction of sp³-hybridized carbons (Fsp3) is 0.286. The molecule has 1 aromatic carbocycles. The van der Waals surface area contributed by atoms with E-state index in [1.165, 1.54) is 0 Å². The van der Waals surface area contributed by atoms with E-state index in [0.717, 1.165) is 16.3 Å². The lowest BCUT2D eigenvalue weighted by Gasteiger charge is -2.16. The van der Waals surface area contributed by atoms with E-state index in [0.29, 0.717) is 0 Å². The number of carbonyl (C=O) groups is 1. The van der Waals surface area contributed by atoms with Gasteiger partial charge in [-0.05, 0) is 19.4 Å². The van der Waals surface area contributed by atoms with Gasteiger partial charge in [0.25, 0.3) is 0 Å². The third-order valence-corrected chi connectivity index (χ3v) is 3.95. The van der Waals surface area contributed by atoms with Crippen molar-refractivity contribution in [2.75, 3.05) is 0 Å². The summed E-state index contributed by atoms with van der Waals surface area (Å²) < 4.78 is 0. The Morgan fingerprint density at radius 3 is 2.63 bits per heavy atom. The van der Waals surface area contributed by atoms with Gasteiger partial charge < -0.3 is 11.1 Å². The quantitative estimate of drug-likeness (QED) is 0.900. The summed E-state index contributed by atoms with van der Waals surface area (Å²) in [6.45, 7) is 3.85. The predicted octanol–water partition coefficient (Wildman–Crippen LogP) is 2.33. The first-order valence-corrected chi connectivity index (χ1v) is 6.99. The second kappa shape index (κ2) is 5.95. The van der Waals surface area contributed by atoms with E-state index in [9.17, 15) is 4.79 Å². The van der Waals surface area contributed by atoms with Crippen molar-refractivity contribution in [1.29, 1.82) is 0 Å². The maximum Gasteiger partial charge on any atom is 0.242 e. The van der Waals surface area contributed by atoms with Gasteiger partial charge in [0.1, 0.15) is 11.0 Å². The molecule has 0 aliphatic carbocycles. The number of aryl methyl sites for hydroxylation is 1. The molecule has 0 bridgehead atoms. The SMILES string of the molecule is Cc1csc(C(C)NC(=O)[C@H](N)c2ccccc2)n1. The Labute approximate surface area is 116 Å². The van der Waals surface area contributed by atoms with Crippen molar-refractivity contribution in [2.45, 2.75) is 25.9 Å². The first kappa shape index (κ1) is 13.7. The van der Waals surface area contributed by atoms with Crippen LogP contribution in [0.15, 0.2) is 35.7 Å². The predicted molar refractivity (Wildman–Crippen MR) is 76.8 cm³/mol. The van der Waals surface area contributed by atoms with Gasteiger partial charge in [-0.15, -0.1) is 11.3 Å². The summed E-state index contributed by atoms with van der Waals surface area (Å²) in [7, 11) is 0. The van der Waals surface area contributed by atoms with Crippen LogP contribution in [-0.4, -0.2) is 10.9 Å². The molecule has 2 atom stereocenters. The number of benzene rings is 1. The zero-order chi connectivity index (χ0) is 13.8. The highest BCUT2D eigenvalue weighted by atomic mass is 32.1. The second-order valence-corrected chi connectivity index (χ2v) is 5.34. The molecule has 3 N–H and O–H groups in total. The molecule has 0 radical (unpaired) electrons. The minimum absolute atomic E-state index is 0.124. The van der Waals surface area contributed by atoms with Crippen LogP contribution in [0.3, 0.4) is 0 Å². The topological polar surface area (TPSA) is 68.0 Å². The highest BCUT2D eigenvalue weighted by Crippen LogP contribution is 2.18. The number of thiazole rings is 1. The average Bonchev–Trinajstić information content (AvgIpc) is 2.85. The number of amides is 1. The lowest BCUT2D eigenvalue weighted by Crippen LogP contribution is -2.35. The van der Waals surface area contributed by atoms with Crippen molar-refractivity contribution < 1.29 is 4.79 Å². The van der Waals surface area contributed by atoms with Crippen LogP contribution >= 0.6 is 11.3 Å². The molecule has 1 heterocycles. The fourth-order valence-corrected chi connectivity index (χ4v) is 2.55. The van der Waals surface area contributed by atoms with Crippen molar-refractivity contribution in [1.82, 2.24) is 10.3 Å². The number of nitrogens with two attached hydrogens (primary N) is 1. The Balaban J connectivity index is 2.01. The number of nitrogens with zero attached hydrogens (tertiary/aromatic N) is 1. The minimum Gasteiger partial charge on any atom is -0.345 e. The summed E-state index contributed by atoms with van der Waals surface area (Å²) in [5.74, 6) is -0.188.